The molecule has 0 spiro atoms. The predicted octanol–water partition coefficient (Wildman–Crippen LogP) is 2.24. The van der Waals surface area contributed by atoms with Crippen molar-refractivity contribution in [3.63, 3.8) is 0 Å². The lowest BCUT2D eigenvalue weighted by Gasteiger charge is -2.13. The molecule has 1 unspecified atom stereocenters. The zero-order chi connectivity index (χ0) is 22.4. The van der Waals surface area contributed by atoms with Gasteiger partial charge in [0.2, 0.25) is 11.4 Å². The maximum Gasteiger partial charge on any atom is 0.451 e. The summed E-state index contributed by atoms with van der Waals surface area (Å²) in [6, 6.07) is 9.75. The third-order valence-corrected chi connectivity index (χ3v) is 4.90. The number of nitrogens with two attached hydrogens (primary N) is 1. The van der Waals surface area contributed by atoms with Gasteiger partial charge in [0, 0.05) is 31.1 Å². The first kappa shape index (κ1) is 20.6. The van der Waals surface area contributed by atoms with E-state index in [0.29, 0.717) is 23.4 Å². The highest BCUT2D eigenvalue weighted by molar-refractivity contribution is 5.90. The van der Waals surface area contributed by atoms with Crippen molar-refractivity contribution in [2.24, 2.45) is 0 Å². The molecule has 2 aromatic heterocycles. The highest BCUT2D eigenvalue weighted by Gasteiger charge is 2.42. The van der Waals surface area contributed by atoms with Gasteiger partial charge in [-0.05, 0) is 24.3 Å². The highest BCUT2D eigenvalue weighted by atomic mass is 19.4. The number of aliphatic hydroxyl groups is 1. The molecule has 0 bridgehead atoms. The van der Waals surface area contributed by atoms with Gasteiger partial charge in [0.15, 0.2) is 5.82 Å². The van der Waals surface area contributed by atoms with E-state index in [1.807, 2.05) is 0 Å². The summed E-state index contributed by atoms with van der Waals surface area (Å²) in [4.78, 5) is 24.6. The Bertz CT molecular complexity index is 1270. The second-order valence-corrected chi connectivity index (χ2v) is 7.16. The number of likely N-dealkylation sites (N-methyl/N-ethyl adjacent to an activating group) is 1. The number of hydrogen-bond donors (Lipinski definition) is 2. The van der Waals surface area contributed by atoms with Crippen LogP contribution in [0.25, 0.3) is 22.3 Å². The average molecular weight is 427 g/mol. The number of rotatable bonds is 1. The second kappa shape index (κ2) is 7.21. The normalized spacial score (nSPS) is 18.9. The number of alkyl halides is 3. The zero-order valence-corrected chi connectivity index (χ0v) is 16.2. The van der Waals surface area contributed by atoms with E-state index >= 15 is 0 Å². The molecule has 158 valence electrons. The van der Waals surface area contributed by atoms with E-state index in [1.54, 1.807) is 31.3 Å². The van der Waals surface area contributed by atoms with Crippen LogP contribution in [-0.4, -0.2) is 50.1 Å². The van der Waals surface area contributed by atoms with Gasteiger partial charge >= 0.3 is 6.18 Å². The number of carbonyl (C=O) groups is 1. The van der Waals surface area contributed by atoms with Crippen molar-refractivity contribution in [3.8, 4) is 23.1 Å². The SMILES string of the molecule is CN1CCC(O)(C#Cc2cccc(-c3ccc4nc(C(F)(F)F)nc(N)c4n3)c2)C1=O. The number of carbonyl (C=O) groups excluding carboxylic acids is 1. The largest absolute Gasteiger partial charge is 0.451 e. The van der Waals surface area contributed by atoms with Gasteiger partial charge in [0.1, 0.15) is 5.52 Å². The Labute approximate surface area is 174 Å². The van der Waals surface area contributed by atoms with Gasteiger partial charge in [0.05, 0.1) is 11.2 Å². The third kappa shape index (κ3) is 3.87. The number of nitrogens with zero attached hydrogens (tertiary/aromatic N) is 4. The fourth-order valence-electron chi connectivity index (χ4n) is 3.23. The fraction of sp³-hybridized carbons (Fsp3) is 0.238. The molecule has 1 aliphatic rings. The Balaban J connectivity index is 1.69. The summed E-state index contributed by atoms with van der Waals surface area (Å²) in [5.74, 6) is 3.31. The van der Waals surface area contributed by atoms with E-state index in [0.717, 1.165) is 0 Å². The summed E-state index contributed by atoms with van der Waals surface area (Å²) < 4.78 is 38.7. The molecule has 10 heteroatoms. The first-order chi connectivity index (χ1) is 14.6. The van der Waals surface area contributed by atoms with Crippen molar-refractivity contribution < 1.29 is 23.1 Å². The Morgan fingerprint density at radius 2 is 1.97 bits per heavy atom. The van der Waals surface area contributed by atoms with Gasteiger partial charge in [-0.25, -0.2) is 15.0 Å². The molecule has 7 nitrogen and oxygen atoms in total. The van der Waals surface area contributed by atoms with E-state index in [9.17, 15) is 23.1 Å². The van der Waals surface area contributed by atoms with Gasteiger partial charge < -0.3 is 15.7 Å². The average Bonchev–Trinajstić information content (AvgIpc) is 2.99. The van der Waals surface area contributed by atoms with Gasteiger partial charge in [-0.15, -0.1) is 0 Å². The number of nitrogen functional groups attached to an aromatic ring is 1. The lowest BCUT2D eigenvalue weighted by Crippen LogP contribution is -2.37. The standard InChI is InChI=1S/C21H16F3N5O2/c1-29-10-9-20(31,19(29)30)8-7-12-3-2-4-13(11-12)14-5-6-15-16(26-14)17(25)28-18(27-15)21(22,23)24/h2-6,11,31H,9-10H2,1H3,(H2,25,27,28). The van der Waals surface area contributed by atoms with Gasteiger partial charge in [-0.2, -0.15) is 13.2 Å². The number of aromatic nitrogens is 3. The summed E-state index contributed by atoms with van der Waals surface area (Å²) in [5.41, 5.74) is 5.59. The smallest absolute Gasteiger partial charge is 0.382 e. The van der Waals surface area contributed by atoms with Crippen LogP contribution < -0.4 is 5.73 Å². The minimum absolute atomic E-state index is 0.0226. The van der Waals surface area contributed by atoms with Crippen molar-refractivity contribution in [1.29, 1.82) is 0 Å². The second-order valence-electron chi connectivity index (χ2n) is 7.16. The number of anilines is 1. The van der Waals surface area contributed by atoms with Crippen LogP contribution in [0.1, 0.15) is 17.8 Å². The first-order valence-corrected chi connectivity index (χ1v) is 9.20. The molecule has 1 amide bonds. The van der Waals surface area contributed by atoms with E-state index in [1.165, 1.54) is 17.0 Å². The molecular formula is C21H16F3N5O2. The van der Waals surface area contributed by atoms with E-state index < -0.39 is 23.5 Å². The van der Waals surface area contributed by atoms with Crippen LogP contribution in [0.2, 0.25) is 0 Å². The van der Waals surface area contributed by atoms with Crippen molar-refractivity contribution in [1.82, 2.24) is 19.9 Å². The van der Waals surface area contributed by atoms with Crippen LogP contribution in [0.15, 0.2) is 36.4 Å². The molecule has 3 heterocycles. The summed E-state index contributed by atoms with van der Waals surface area (Å²) in [7, 11) is 1.60. The van der Waals surface area contributed by atoms with Crippen molar-refractivity contribution >= 4 is 22.8 Å². The number of benzene rings is 1. The van der Waals surface area contributed by atoms with Gasteiger partial charge in [0.25, 0.3) is 5.91 Å². The number of amides is 1. The lowest BCUT2D eigenvalue weighted by atomic mass is 10.0. The minimum atomic E-state index is -4.71. The highest BCUT2D eigenvalue weighted by Crippen LogP contribution is 2.30. The molecule has 3 aromatic rings. The molecule has 0 radical (unpaired) electrons. The molecule has 1 aliphatic heterocycles. The topological polar surface area (TPSA) is 105 Å². The Kier molecular flexibility index (Phi) is 4.78. The number of fused-ring (bicyclic) bond motifs is 1. The number of hydrogen-bond acceptors (Lipinski definition) is 6. The van der Waals surface area contributed by atoms with Crippen LogP contribution in [0.4, 0.5) is 19.0 Å². The van der Waals surface area contributed by atoms with Crippen molar-refractivity contribution in [2.45, 2.75) is 18.2 Å². The molecule has 3 N–H and O–H groups in total. The van der Waals surface area contributed by atoms with Crippen LogP contribution >= 0.6 is 0 Å². The van der Waals surface area contributed by atoms with Crippen LogP contribution in [0.5, 0.6) is 0 Å². The molecule has 1 atom stereocenters. The van der Waals surface area contributed by atoms with Crippen LogP contribution in [0, 0.1) is 11.8 Å². The first-order valence-electron chi connectivity index (χ1n) is 9.20. The molecule has 1 saturated heterocycles. The van der Waals surface area contributed by atoms with Crippen molar-refractivity contribution in [3.05, 3.63) is 47.8 Å². The lowest BCUT2D eigenvalue weighted by molar-refractivity contribution is -0.144. The number of halogens is 3. The van der Waals surface area contributed by atoms with Crippen molar-refractivity contribution in [2.75, 3.05) is 19.3 Å². The Morgan fingerprint density at radius 1 is 1.19 bits per heavy atom. The molecular weight excluding hydrogens is 411 g/mol. The van der Waals surface area contributed by atoms with E-state index in [4.69, 9.17) is 5.73 Å². The molecule has 1 aromatic carbocycles. The molecule has 1 fully saturated rings. The Morgan fingerprint density at radius 3 is 2.65 bits per heavy atom. The maximum atomic E-state index is 12.9. The monoisotopic (exact) mass is 427 g/mol. The fourth-order valence-corrected chi connectivity index (χ4v) is 3.23. The van der Waals surface area contributed by atoms with E-state index in [2.05, 4.69) is 26.8 Å². The van der Waals surface area contributed by atoms with Crippen LogP contribution in [0.3, 0.4) is 0 Å². The predicted molar refractivity (Wildman–Crippen MR) is 106 cm³/mol. The van der Waals surface area contributed by atoms with Gasteiger partial charge in [-0.1, -0.05) is 24.0 Å². The maximum absolute atomic E-state index is 12.9. The third-order valence-electron chi connectivity index (χ3n) is 4.90. The quantitative estimate of drug-likeness (QED) is 0.577. The number of likely N-dealkylation sites (tertiary alicyclic amines) is 1. The van der Waals surface area contributed by atoms with Crippen LogP contribution in [-0.2, 0) is 11.0 Å². The summed E-state index contributed by atoms with van der Waals surface area (Å²) in [6.45, 7) is 0.421. The van der Waals surface area contributed by atoms with E-state index in [-0.39, 0.29) is 23.3 Å². The molecule has 31 heavy (non-hydrogen) atoms. The molecule has 0 saturated carbocycles. The van der Waals surface area contributed by atoms with Gasteiger partial charge in [-0.3, -0.25) is 4.79 Å². The minimum Gasteiger partial charge on any atom is -0.382 e. The molecule has 4 rings (SSSR count). The summed E-state index contributed by atoms with van der Waals surface area (Å²) >= 11 is 0. The summed E-state index contributed by atoms with van der Waals surface area (Å²) in [6.07, 6.45) is -4.49. The zero-order valence-electron chi connectivity index (χ0n) is 16.2. The Hall–Kier alpha value is -3.71. The molecule has 0 aliphatic carbocycles. The number of pyridine rings is 1. The summed E-state index contributed by atoms with van der Waals surface area (Å²) in [5, 5.41) is 10.4.